The first-order chi connectivity index (χ1) is 8.74. The molecule has 0 atom stereocenters. The monoisotopic (exact) mass is 241 g/mol. The molecule has 0 saturated carbocycles. The van der Waals surface area contributed by atoms with Gasteiger partial charge in [-0.2, -0.15) is 0 Å². The van der Waals surface area contributed by atoms with Crippen LogP contribution < -0.4 is 10.6 Å². The Hall–Kier alpha value is -1.87. The van der Waals surface area contributed by atoms with Crippen molar-refractivity contribution in [1.82, 2.24) is 4.98 Å². The van der Waals surface area contributed by atoms with Crippen LogP contribution in [0.2, 0.25) is 0 Å². The van der Waals surface area contributed by atoms with Crippen molar-refractivity contribution in [3.8, 4) is 0 Å². The van der Waals surface area contributed by atoms with Crippen LogP contribution in [0.4, 0.5) is 11.4 Å². The van der Waals surface area contributed by atoms with Crippen LogP contribution in [0.25, 0.3) is 0 Å². The van der Waals surface area contributed by atoms with Crippen LogP contribution in [0.1, 0.15) is 18.2 Å². The van der Waals surface area contributed by atoms with E-state index in [4.69, 9.17) is 5.73 Å². The van der Waals surface area contributed by atoms with Crippen LogP contribution in [-0.2, 0) is 6.54 Å². The Balaban J connectivity index is 2.35. The third kappa shape index (κ3) is 2.68. The summed E-state index contributed by atoms with van der Waals surface area (Å²) in [5.41, 5.74) is 10.2. The highest BCUT2D eigenvalue weighted by Gasteiger charge is 2.07. The summed E-state index contributed by atoms with van der Waals surface area (Å²) in [6.45, 7) is 5.62. The van der Waals surface area contributed by atoms with Gasteiger partial charge in [-0.3, -0.25) is 4.98 Å². The number of anilines is 2. The van der Waals surface area contributed by atoms with Gasteiger partial charge in [-0.25, -0.2) is 0 Å². The molecule has 0 amide bonds. The average Bonchev–Trinajstić information content (AvgIpc) is 2.42. The predicted molar refractivity (Wildman–Crippen MR) is 76.0 cm³/mol. The van der Waals surface area contributed by atoms with Crippen LogP contribution in [0, 0.1) is 6.92 Å². The molecule has 0 bridgehead atoms. The molecule has 0 saturated heterocycles. The second-order valence-electron chi connectivity index (χ2n) is 4.29. The number of pyridine rings is 1. The predicted octanol–water partition coefficient (Wildman–Crippen LogP) is 3.01. The van der Waals surface area contributed by atoms with Crippen molar-refractivity contribution >= 4 is 11.4 Å². The van der Waals surface area contributed by atoms with Gasteiger partial charge in [-0.05, 0) is 38.1 Å². The molecule has 3 heteroatoms. The van der Waals surface area contributed by atoms with E-state index < -0.39 is 0 Å². The highest BCUT2D eigenvalue weighted by molar-refractivity contribution is 5.63. The second-order valence-corrected chi connectivity index (χ2v) is 4.29. The maximum Gasteiger partial charge on any atom is 0.0560 e. The maximum atomic E-state index is 5.64. The quantitative estimate of drug-likeness (QED) is 0.894. The van der Waals surface area contributed by atoms with Crippen molar-refractivity contribution in [3.63, 3.8) is 0 Å². The highest BCUT2D eigenvalue weighted by atomic mass is 15.1. The summed E-state index contributed by atoms with van der Waals surface area (Å²) in [7, 11) is 0. The molecule has 3 nitrogen and oxygen atoms in total. The topological polar surface area (TPSA) is 42.2 Å². The van der Waals surface area contributed by atoms with E-state index in [1.807, 2.05) is 18.3 Å². The first kappa shape index (κ1) is 12.6. The summed E-state index contributed by atoms with van der Waals surface area (Å²) in [6, 6.07) is 12.6. The van der Waals surface area contributed by atoms with Crippen molar-refractivity contribution in [1.29, 1.82) is 0 Å². The summed E-state index contributed by atoms with van der Waals surface area (Å²) in [5, 5.41) is 0. The largest absolute Gasteiger partial charge is 0.342 e. The lowest BCUT2D eigenvalue weighted by atomic mass is 10.2. The fraction of sp³-hybridized carbons (Fsp3) is 0.267. The van der Waals surface area contributed by atoms with Crippen LogP contribution in [0.3, 0.4) is 0 Å². The van der Waals surface area contributed by atoms with Gasteiger partial charge in [-0.15, -0.1) is 0 Å². The lowest BCUT2D eigenvalue weighted by Gasteiger charge is -2.23. The van der Waals surface area contributed by atoms with E-state index >= 15 is 0 Å². The zero-order valence-corrected chi connectivity index (χ0v) is 10.9. The summed E-state index contributed by atoms with van der Waals surface area (Å²) >= 11 is 0. The number of hydrogen-bond donors (Lipinski definition) is 1. The number of aromatic nitrogens is 1. The van der Waals surface area contributed by atoms with E-state index in [-0.39, 0.29) is 0 Å². The fourth-order valence-corrected chi connectivity index (χ4v) is 1.98. The molecule has 2 aromatic rings. The molecule has 1 heterocycles. The van der Waals surface area contributed by atoms with Crippen molar-refractivity contribution in [3.05, 3.63) is 53.9 Å². The molecular weight excluding hydrogens is 222 g/mol. The summed E-state index contributed by atoms with van der Waals surface area (Å²) in [6.07, 6.45) is 1.81. The molecule has 2 rings (SSSR count). The van der Waals surface area contributed by atoms with Gasteiger partial charge in [0.1, 0.15) is 0 Å². The van der Waals surface area contributed by atoms with Gasteiger partial charge < -0.3 is 10.6 Å². The first-order valence-corrected chi connectivity index (χ1v) is 6.23. The molecule has 0 aliphatic carbocycles. The molecule has 1 aromatic carbocycles. The zero-order chi connectivity index (χ0) is 13.0. The number of rotatable bonds is 4. The van der Waals surface area contributed by atoms with Crippen molar-refractivity contribution in [2.75, 3.05) is 11.4 Å². The van der Waals surface area contributed by atoms with Gasteiger partial charge in [0.2, 0.25) is 0 Å². The molecule has 2 N–H and O–H groups in total. The Morgan fingerprint density at radius 1 is 1.11 bits per heavy atom. The molecule has 0 unspecified atom stereocenters. The minimum atomic E-state index is 0.472. The number of nitrogens with zero attached hydrogens (tertiary/aromatic N) is 2. The second kappa shape index (κ2) is 5.65. The number of hydrogen-bond acceptors (Lipinski definition) is 3. The summed E-state index contributed by atoms with van der Waals surface area (Å²) in [4.78, 5) is 6.48. The van der Waals surface area contributed by atoms with Gasteiger partial charge in [0.25, 0.3) is 0 Å². The molecular formula is C15H19N3. The standard InChI is InChI=1S/C15H19N3/c1-3-18(14-6-4-12(2)5-7-14)15-8-9-17-13(10-15)11-16/h4-10H,3,11,16H2,1-2H3. The Labute approximate surface area is 108 Å². The smallest absolute Gasteiger partial charge is 0.0560 e. The lowest BCUT2D eigenvalue weighted by Crippen LogP contribution is -2.16. The van der Waals surface area contributed by atoms with E-state index in [1.165, 1.54) is 11.3 Å². The highest BCUT2D eigenvalue weighted by Crippen LogP contribution is 2.25. The Bertz CT molecular complexity index is 505. The summed E-state index contributed by atoms with van der Waals surface area (Å²) in [5.74, 6) is 0. The van der Waals surface area contributed by atoms with Gasteiger partial charge in [-0.1, -0.05) is 17.7 Å². The third-order valence-corrected chi connectivity index (χ3v) is 2.98. The Morgan fingerprint density at radius 2 is 1.83 bits per heavy atom. The average molecular weight is 241 g/mol. The number of benzene rings is 1. The Morgan fingerprint density at radius 3 is 2.44 bits per heavy atom. The first-order valence-electron chi connectivity index (χ1n) is 6.23. The SMILES string of the molecule is CCN(c1ccc(C)cc1)c1ccnc(CN)c1. The van der Waals surface area contributed by atoms with Crippen LogP contribution >= 0.6 is 0 Å². The molecule has 18 heavy (non-hydrogen) atoms. The molecule has 0 fully saturated rings. The molecule has 94 valence electrons. The minimum absolute atomic E-state index is 0.472. The fourth-order valence-electron chi connectivity index (χ4n) is 1.98. The van der Waals surface area contributed by atoms with E-state index in [9.17, 15) is 0 Å². The van der Waals surface area contributed by atoms with E-state index in [1.54, 1.807) is 0 Å². The number of aryl methyl sites for hydroxylation is 1. The van der Waals surface area contributed by atoms with E-state index in [0.717, 1.165) is 17.9 Å². The molecule has 0 aliphatic rings. The molecule has 0 spiro atoms. The van der Waals surface area contributed by atoms with E-state index in [2.05, 4.69) is 48.0 Å². The molecule has 0 radical (unpaired) electrons. The molecule has 0 aliphatic heterocycles. The van der Waals surface area contributed by atoms with Gasteiger partial charge in [0.05, 0.1) is 5.69 Å². The third-order valence-electron chi connectivity index (χ3n) is 2.98. The van der Waals surface area contributed by atoms with Gasteiger partial charge >= 0.3 is 0 Å². The minimum Gasteiger partial charge on any atom is -0.342 e. The summed E-state index contributed by atoms with van der Waals surface area (Å²) < 4.78 is 0. The molecule has 1 aromatic heterocycles. The van der Waals surface area contributed by atoms with Gasteiger partial charge in [0, 0.05) is 30.7 Å². The Kier molecular flexibility index (Phi) is 3.95. The van der Waals surface area contributed by atoms with Crippen LogP contribution in [0.15, 0.2) is 42.6 Å². The number of nitrogens with two attached hydrogens (primary N) is 1. The van der Waals surface area contributed by atoms with Crippen molar-refractivity contribution in [2.24, 2.45) is 5.73 Å². The van der Waals surface area contributed by atoms with Gasteiger partial charge in [0.15, 0.2) is 0 Å². The van der Waals surface area contributed by atoms with Crippen LogP contribution in [-0.4, -0.2) is 11.5 Å². The zero-order valence-electron chi connectivity index (χ0n) is 10.9. The van der Waals surface area contributed by atoms with E-state index in [0.29, 0.717) is 6.54 Å². The lowest BCUT2D eigenvalue weighted by molar-refractivity contribution is 0.968. The van der Waals surface area contributed by atoms with Crippen LogP contribution in [0.5, 0.6) is 0 Å². The maximum absolute atomic E-state index is 5.64. The van der Waals surface area contributed by atoms with Crippen molar-refractivity contribution in [2.45, 2.75) is 20.4 Å². The van der Waals surface area contributed by atoms with Crippen molar-refractivity contribution < 1.29 is 0 Å². The normalized spacial score (nSPS) is 10.4.